The van der Waals surface area contributed by atoms with Gasteiger partial charge in [0.25, 0.3) is 0 Å². The molecule has 0 saturated carbocycles. The number of aliphatic carboxylic acids is 1. The third kappa shape index (κ3) is 8.41. The number of nitrogens with one attached hydrogen (secondary N) is 1. The van der Waals surface area contributed by atoms with Gasteiger partial charge in [0.15, 0.2) is 0 Å². The van der Waals surface area contributed by atoms with Crippen molar-refractivity contribution in [3.8, 4) is 0 Å². The van der Waals surface area contributed by atoms with Crippen LogP contribution in [-0.4, -0.2) is 62.3 Å². The fraction of sp³-hybridized carbons (Fsp3) is 0.636. The van der Waals surface area contributed by atoms with Crippen LogP contribution in [0.1, 0.15) is 6.92 Å². The lowest BCUT2D eigenvalue weighted by atomic mass is 10.3. The first kappa shape index (κ1) is 15.6. The number of carbonyl (C=O) groups excluding carboxylic acids is 1. The highest BCUT2D eigenvalue weighted by Crippen LogP contribution is 1.93. The first-order valence-corrected chi connectivity index (χ1v) is 5.31. The number of carboxylic acids is 1. The van der Waals surface area contributed by atoms with Crippen molar-refractivity contribution in [2.75, 3.05) is 40.4 Å². The first-order chi connectivity index (χ1) is 7.97. The van der Waals surface area contributed by atoms with Gasteiger partial charge >= 0.3 is 5.97 Å². The van der Waals surface area contributed by atoms with Crippen LogP contribution in [0.3, 0.4) is 0 Å². The van der Waals surface area contributed by atoms with Crippen LogP contribution in [0.5, 0.6) is 0 Å². The lowest BCUT2D eigenvalue weighted by molar-refractivity contribution is -0.132. The van der Waals surface area contributed by atoms with E-state index in [0.717, 1.165) is 0 Å². The van der Waals surface area contributed by atoms with Crippen molar-refractivity contribution >= 4 is 11.9 Å². The highest BCUT2D eigenvalue weighted by atomic mass is 16.5. The van der Waals surface area contributed by atoms with Gasteiger partial charge in [-0.2, -0.15) is 0 Å². The lowest BCUT2D eigenvalue weighted by Crippen LogP contribution is -2.36. The highest BCUT2D eigenvalue weighted by molar-refractivity contribution is 5.85. The SMILES string of the molecule is COCCNC(=O)CN(C)CC=C(C)C(=O)O. The van der Waals surface area contributed by atoms with Crippen LogP contribution in [0.25, 0.3) is 0 Å². The van der Waals surface area contributed by atoms with Crippen molar-refractivity contribution < 1.29 is 19.4 Å². The highest BCUT2D eigenvalue weighted by Gasteiger charge is 2.05. The minimum atomic E-state index is -0.942. The van der Waals surface area contributed by atoms with E-state index in [-0.39, 0.29) is 18.0 Å². The van der Waals surface area contributed by atoms with Crippen molar-refractivity contribution in [2.45, 2.75) is 6.92 Å². The van der Waals surface area contributed by atoms with Gasteiger partial charge in [-0.15, -0.1) is 0 Å². The number of amides is 1. The minimum Gasteiger partial charge on any atom is -0.478 e. The van der Waals surface area contributed by atoms with E-state index in [2.05, 4.69) is 5.32 Å². The molecule has 0 radical (unpaired) electrons. The fourth-order valence-corrected chi connectivity index (χ4v) is 1.04. The molecule has 17 heavy (non-hydrogen) atoms. The number of ether oxygens (including phenoxy) is 1. The molecule has 1 amide bonds. The van der Waals surface area contributed by atoms with Gasteiger partial charge in [-0.05, 0) is 14.0 Å². The van der Waals surface area contributed by atoms with Crippen LogP contribution < -0.4 is 5.32 Å². The number of hydrogen-bond donors (Lipinski definition) is 2. The monoisotopic (exact) mass is 244 g/mol. The van der Waals surface area contributed by atoms with Crippen molar-refractivity contribution in [1.29, 1.82) is 0 Å². The predicted molar refractivity (Wildman–Crippen MR) is 63.8 cm³/mol. The summed E-state index contributed by atoms with van der Waals surface area (Å²) in [6.45, 7) is 3.14. The number of hydrogen-bond acceptors (Lipinski definition) is 4. The standard InChI is InChI=1S/C11H20N2O4/c1-9(11(15)16)4-6-13(2)8-10(14)12-5-7-17-3/h4H,5-8H2,1-3H3,(H,12,14)(H,15,16). The molecular weight excluding hydrogens is 224 g/mol. The fourth-order valence-electron chi connectivity index (χ4n) is 1.04. The third-order valence-corrected chi connectivity index (χ3v) is 2.09. The number of rotatable bonds is 8. The predicted octanol–water partition coefficient (Wildman–Crippen LogP) is -0.288. The molecule has 98 valence electrons. The van der Waals surface area contributed by atoms with Gasteiger partial charge in [-0.25, -0.2) is 4.79 Å². The molecule has 0 bridgehead atoms. The normalized spacial score (nSPS) is 11.6. The molecule has 6 heteroatoms. The van der Waals surface area contributed by atoms with E-state index < -0.39 is 5.97 Å². The molecule has 0 atom stereocenters. The van der Waals surface area contributed by atoms with E-state index >= 15 is 0 Å². The molecule has 0 rings (SSSR count). The number of carboxylic acid groups (broad SMARTS) is 1. The zero-order chi connectivity index (χ0) is 13.3. The Balaban J connectivity index is 3.85. The van der Waals surface area contributed by atoms with E-state index in [4.69, 9.17) is 9.84 Å². The lowest BCUT2D eigenvalue weighted by Gasteiger charge is -2.14. The van der Waals surface area contributed by atoms with Gasteiger partial charge in [0.2, 0.25) is 5.91 Å². The summed E-state index contributed by atoms with van der Waals surface area (Å²) in [6, 6.07) is 0. The molecule has 0 heterocycles. The van der Waals surface area contributed by atoms with Crippen LogP contribution in [0.15, 0.2) is 11.6 Å². The molecule has 0 aromatic carbocycles. The van der Waals surface area contributed by atoms with Gasteiger partial charge < -0.3 is 15.2 Å². The maximum atomic E-state index is 11.4. The topological polar surface area (TPSA) is 78.9 Å². The van der Waals surface area contributed by atoms with Gasteiger partial charge in [0, 0.05) is 25.8 Å². The molecule has 6 nitrogen and oxygen atoms in total. The summed E-state index contributed by atoms with van der Waals surface area (Å²) in [4.78, 5) is 23.6. The maximum Gasteiger partial charge on any atom is 0.330 e. The zero-order valence-electron chi connectivity index (χ0n) is 10.5. The second-order valence-corrected chi connectivity index (χ2v) is 3.73. The van der Waals surface area contributed by atoms with Crippen LogP contribution in [0.2, 0.25) is 0 Å². The largest absolute Gasteiger partial charge is 0.478 e. The summed E-state index contributed by atoms with van der Waals surface area (Å²) in [6.07, 6.45) is 1.57. The van der Waals surface area contributed by atoms with Crippen molar-refractivity contribution in [1.82, 2.24) is 10.2 Å². The molecule has 0 saturated heterocycles. The summed E-state index contributed by atoms with van der Waals surface area (Å²) in [5, 5.41) is 11.3. The number of likely N-dealkylation sites (N-methyl/N-ethyl adjacent to an activating group) is 1. The van der Waals surface area contributed by atoms with Crippen LogP contribution in [0.4, 0.5) is 0 Å². The van der Waals surface area contributed by atoms with E-state index in [1.807, 2.05) is 0 Å². The summed E-state index contributed by atoms with van der Waals surface area (Å²) >= 11 is 0. The summed E-state index contributed by atoms with van der Waals surface area (Å²) < 4.78 is 4.80. The molecule has 0 aliphatic rings. The number of carbonyl (C=O) groups is 2. The van der Waals surface area contributed by atoms with Crippen LogP contribution in [0, 0.1) is 0 Å². The average molecular weight is 244 g/mol. The quantitative estimate of drug-likeness (QED) is 0.453. The van der Waals surface area contributed by atoms with Gasteiger partial charge in [0.05, 0.1) is 13.2 Å². The second kappa shape index (κ2) is 8.72. The molecule has 0 aliphatic heterocycles. The Morgan fingerprint density at radius 1 is 1.47 bits per heavy atom. The third-order valence-electron chi connectivity index (χ3n) is 2.09. The van der Waals surface area contributed by atoms with Crippen molar-refractivity contribution in [2.24, 2.45) is 0 Å². The second-order valence-electron chi connectivity index (χ2n) is 3.73. The molecular formula is C11H20N2O4. The number of methoxy groups -OCH3 is 1. The molecule has 0 fully saturated rings. The Hall–Kier alpha value is -1.40. The van der Waals surface area contributed by atoms with Crippen LogP contribution >= 0.6 is 0 Å². The van der Waals surface area contributed by atoms with Crippen LogP contribution in [-0.2, 0) is 14.3 Å². The Morgan fingerprint density at radius 2 is 2.12 bits per heavy atom. The molecule has 0 aliphatic carbocycles. The molecule has 0 aromatic rings. The summed E-state index contributed by atoms with van der Waals surface area (Å²) in [7, 11) is 3.32. The minimum absolute atomic E-state index is 0.106. The average Bonchev–Trinajstić information content (AvgIpc) is 2.26. The molecule has 0 aromatic heterocycles. The molecule has 2 N–H and O–H groups in total. The Morgan fingerprint density at radius 3 is 2.65 bits per heavy atom. The summed E-state index contributed by atoms with van der Waals surface area (Å²) in [5.74, 6) is -1.05. The summed E-state index contributed by atoms with van der Waals surface area (Å²) in [5.41, 5.74) is 0.275. The smallest absolute Gasteiger partial charge is 0.330 e. The zero-order valence-corrected chi connectivity index (χ0v) is 10.5. The van der Waals surface area contributed by atoms with E-state index in [9.17, 15) is 9.59 Å². The Labute approximate surface area is 101 Å². The Bertz CT molecular complexity index is 289. The van der Waals surface area contributed by atoms with E-state index in [1.54, 1.807) is 25.1 Å². The van der Waals surface area contributed by atoms with Gasteiger partial charge in [0.1, 0.15) is 0 Å². The Kier molecular flexibility index (Phi) is 8.00. The molecule has 0 spiro atoms. The van der Waals surface area contributed by atoms with Crippen molar-refractivity contribution in [3.05, 3.63) is 11.6 Å². The van der Waals surface area contributed by atoms with E-state index in [0.29, 0.717) is 19.7 Å². The van der Waals surface area contributed by atoms with E-state index in [1.165, 1.54) is 6.92 Å². The van der Waals surface area contributed by atoms with Gasteiger partial charge in [-0.3, -0.25) is 9.69 Å². The first-order valence-electron chi connectivity index (χ1n) is 5.31. The maximum absolute atomic E-state index is 11.4. The van der Waals surface area contributed by atoms with Crippen molar-refractivity contribution in [3.63, 3.8) is 0 Å². The molecule has 0 unspecified atom stereocenters. The number of nitrogens with zero attached hydrogens (tertiary/aromatic N) is 1. The van der Waals surface area contributed by atoms with Gasteiger partial charge in [-0.1, -0.05) is 6.08 Å².